The van der Waals surface area contributed by atoms with Crippen LogP contribution >= 0.6 is 11.6 Å². The Morgan fingerprint density at radius 3 is 2.62 bits per heavy atom. The summed E-state index contributed by atoms with van der Waals surface area (Å²) in [6.45, 7) is 2.25. The van der Waals surface area contributed by atoms with Crippen molar-refractivity contribution in [3.05, 3.63) is 34.9 Å². The summed E-state index contributed by atoms with van der Waals surface area (Å²) in [5.41, 5.74) is -0.336. The maximum absolute atomic E-state index is 13.5. The van der Waals surface area contributed by atoms with Gasteiger partial charge in [-0.2, -0.15) is 15.0 Å². The Morgan fingerprint density at radius 2 is 1.90 bits per heavy atom. The van der Waals surface area contributed by atoms with Crippen molar-refractivity contribution in [3.8, 4) is 6.01 Å². The molecule has 1 N–H and O–H groups in total. The molecule has 0 atom stereocenters. The van der Waals surface area contributed by atoms with Crippen LogP contribution in [-0.2, 0) is 0 Å². The monoisotopic (exact) mass is 318 g/mol. The third kappa shape index (κ3) is 3.72. The number of aromatic nitrogens is 3. The summed E-state index contributed by atoms with van der Waals surface area (Å²) in [7, 11) is 0. The summed E-state index contributed by atoms with van der Waals surface area (Å²) >= 11 is 5.68. The van der Waals surface area contributed by atoms with Crippen LogP contribution in [0.4, 0.5) is 24.8 Å². The first-order valence-corrected chi connectivity index (χ1v) is 6.34. The Hall–Kier alpha value is -2.09. The molecule has 21 heavy (non-hydrogen) atoms. The topological polar surface area (TPSA) is 59.9 Å². The molecule has 1 aromatic carbocycles. The predicted octanol–water partition coefficient (Wildman–Crippen LogP) is 3.47. The zero-order valence-corrected chi connectivity index (χ0v) is 11.6. The smallest absolute Gasteiger partial charge is 0.322 e. The van der Waals surface area contributed by atoms with Gasteiger partial charge < -0.3 is 10.1 Å². The number of halogens is 4. The van der Waals surface area contributed by atoms with E-state index in [1.54, 1.807) is 0 Å². The van der Waals surface area contributed by atoms with Gasteiger partial charge in [0.1, 0.15) is 0 Å². The van der Waals surface area contributed by atoms with Gasteiger partial charge in [0.15, 0.2) is 17.5 Å². The Balaban J connectivity index is 2.27. The zero-order valence-electron chi connectivity index (χ0n) is 10.8. The van der Waals surface area contributed by atoms with Crippen LogP contribution in [0, 0.1) is 17.5 Å². The summed E-state index contributed by atoms with van der Waals surface area (Å²) in [6.07, 6.45) is 0.726. The number of nitrogens with one attached hydrogen (secondary N) is 1. The highest BCUT2D eigenvalue weighted by atomic mass is 35.5. The molecule has 112 valence electrons. The van der Waals surface area contributed by atoms with Crippen LogP contribution in [0.25, 0.3) is 0 Å². The molecule has 0 saturated heterocycles. The average molecular weight is 319 g/mol. The van der Waals surface area contributed by atoms with Gasteiger partial charge in [0, 0.05) is 0 Å². The number of nitrogens with zero attached hydrogens (tertiary/aromatic N) is 3. The van der Waals surface area contributed by atoms with E-state index >= 15 is 0 Å². The Bertz CT molecular complexity index is 657. The van der Waals surface area contributed by atoms with Gasteiger partial charge in [0.2, 0.25) is 11.2 Å². The Labute approximate surface area is 123 Å². The molecule has 0 aliphatic rings. The largest absolute Gasteiger partial charge is 0.463 e. The minimum absolute atomic E-state index is 0.0534. The van der Waals surface area contributed by atoms with Crippen molar-refractivity contribution < 1.29 is 17.9 Å². The van der Waals surface area contributed by atoms with Crippen molar-refractivity contribution in [2.75, 3.05) is 11.9 Å². The lowest BCUT2D eigenvalue weighted by Gasteiger charge is -2.08. The van der Waals surface area contributed by atoms with Crippen LogP contribution in [0.3, 0.4) is 0 Å². The van der Waals surface area contributed by atoms with Crippen LogP contribution in [-0.4, -0.2) is 21.6 Å². The van der Waals surface area contributed by atoms with Crippen molar-refractivity contribution in [2.24, 2.45) is 0 Å². The summed E-state index contributed by atoms with van der Waals surface area (Å²) in [5.74, 6) is -4.42. The fraction of sp³-hybridized carbons (Fsp3) is 0.250. The minimum Gasteiger partial charge on any atom is -0.463 e. The van der Waals surface area contributed by atoms with E-state index < -0.39 is 17.5 Å². The van der Waals surface area contributed by atoms with E-state index in [9.17, 15) is 13.2 Å². The fourth-order valence-electron chi connectivity index (χ4n) is 1.39. The standard InChI is InChI=1S/C12H10ClF3N4O/c1-2-5-21-12-19-10(13)18-11(20-12)17-7-4-3-6(14)8(15)9(7)16/h3-4H,2,5H2,1H3,(H,17,18,19,20). The molecule has 0 fully saturated rings. The van der Waals surface area contributed by atoms with Crippen molar-refractivity contribution >= 4 is 23.2 Å². The first kappa shape index (κ1) is 15.3. The molecule has 1 heterocycles. The maximum Gasteiger partial charge on any atom is 0.322 e. The molecule has 0 spiro atoms. The second-order valence-electron chi connectivity index (χ2n) is 3.91. The highest BCUT2D eigenvalue weighted by Gasteiger charge is 2.15. The molecule has 0 amide bonds. The highest BCUT2D eigenvalue weighted by molar-refractivity contribution is 6.28. The number of benzene rings is 1. The number of ether oxygens (including phenoxy) is 1. The predicted molar refractivity (Wildman–Crippen MR) is 70.2 cm³/mol. The van der Waals surface area contributed by atoms with Gasteiger partial charge in [-0.25, -0.2) is 13.2 Å². The molecule has 0 aliphatic carbocycles. The van der Waals surface area contributed by atoms with Gasteiger partial charge >= 0.3 is 6.01 Å². The van der Waals surface area contributed by atoms with Gasteiger partial charge in [0.25, 0.3) is 0 Å². The Morgan fingerprint density at radius 1 is 1.14 bits per heavy atom. The van der Waals surface area contributed by atoms with Gasteiger partial charge in [-0.3, -0.25) is 0 Å². The first-order chi connectivity index (χ1) is 10.0. The molecule has 0 bridgehead atoms. The Kier molecular flexibility index (Phi) is 4.79. The van der Waals surface area contributed by atoms with E-state index in [1.165, 1.54) is 0 Å². The minimum atomic E-state index is -1.59. The van der Waals surface area contributed by atoms with Crippen LogP contribution in [0.15, 0.2) is 12.1 Å². The molecule has 0 unspecified atom stereocenters. The van der Waals surface area contributed by atoms with Gasteiger partial charge in [-0.05, 0) is 30.2 Å². The van der Waals surface area contributed by atoms with E-state index in [0.717, 1.165) is 18.6 Å². The number of hydrogen-bond donors (Lipinski definition) is 1. The molecular weight excluding hydrogens is 309 g/mol. The lowest BCUT2D eigenvalue weighted by molar-refractivity contribution is 0.292. The third-order valence-electron chi connectivity index (χ3n) is 2.30. The van der Waals surface area contributed by atoms with Gasteiger partial charge in [-0.1, -0.05) is 6.92 Å². The van der Waals surface area contributed by atoms with Crippen molar-refractivity contribution in [1.82, 2.24) is 15.0 Å². The molecule has 0 radical (unpaired) electrons. The SMILES string of the molecule is CCCOc1nc(Cl)nc(Nc2ccc(F)c(F)c2F)n1. The first-order valence-electron chi connectivity index (χ1n) is 5.96. The van der Waals surface area contributed by atoms with Gasteiger partial charge in [0.05, 0.1) is 12.3 Å². The fourth-order valence-corrected chi connectivity index (χ4v) is 1.54. The molecular formula is C12H10ClF3N4O. The van der Waals surface area contributed by atoms with Crippen molar-refractivity contribution in [2.45, 2.75) is 13.3 Å². The normalized spacial score (nSPS) is 10.5. The molecule has 2 rings (SSSR count). The number of rotatable bonds is 5. The van der Waals surface area contributed by atoms with E-state index in [2.05, 4.69) is 20.3 Å². The lowest BCUT2D eigenvalue weighted by atomic mass is 10.3. The molecule has 9 heteroatoms. The second-order valence-corrected chi connectivity index (χ2v) is 4.25. The summed E-state index contributed by atoms with van der Waals surface area (Å²) in [5, 5.41) is 2.21. The molecule has 5 nitrogen and oxygen atoms in total. The highest BCUT2D eigenvalue weighted by Crippen LogP contribution is 2.23. The van der Waals surface area contributed by atoms with E-state index in [1.807, 2.05) is 6.92 Å². The van der Waals surface area contributed by atoms with E-state index in [4.69, 9.17) is 16.3 Å². The van der Waals surface area contributed by atoms with Crippen LogP contribution < -0.4 is 10.1 Å². The second kappa shape index (κ2) is 6.57. The van der Waals surface area contributed by atoms with Crippen LogP contribution in [0.5, 0.6) is 6.01 Å². The van der Waals surface area contributed by atoms with Gasteiger partial charge in [-0.15, -0.1) is 0 Å². The zero-order chi connectivity index (χ0) is 15.4. The summed E-state index contributed by atoms with van der Waals surface area (Å²) in [6, 6.07) is 1.73. The number of anilines is 2. The van der Waals surface area contributed by atoms with E-state index in [-0.39, 0.29) is 22.9 Å². The lowest BCUT2D eigenvalue weighted by Crippen LogP contribution is -2.06. The molecule has 1 aromatic heterocycles. The summed E-state index contributed by atoms with van der Waals surface area (Å²) < 4.78 is 44.7. The van der Waals surface area contributed by atoms with E-state index in [0.29, 0.717) is 6.61 Å². The van der Waals surface area contributed by atoms with Crippen LogP contribution in [0.2, 0.25) is 5.28 Å². The third-order valence-corrected chi connectivity index (χ3v) is 2.47. The number of hydrogen-bond acceptors (Lipinski definition) is 5. The van der Waals surface area contributed by atoms with Crippen LogP contribution in [0.1, 0.15) is 13.3 Å². The van der Waals surface area contributed by atoms with Crippen molar-refractivity contribution in [1.29, 1.82) is 0 Å². The maximum atomic E-state index is 13.5. The molecule has 0 aliphatic heterocycles. The van der Waals surface area contributed by atoms with Crippen molar-refractivity contribution in [3.63, 3.8) is 0 Å². The quantitative estimate of drug-likeness (QED) is 0.855. The molecule has 0 saturated carbocycles. The average Bonchev–Trinajstić information content (AvgIpc) is 2.45. The summed E-state index contributed by atoms with van der Waals surface area (Å²) in [4.78, 5) is 11.3. The molecule has 2 aromatic rings.